The zero-order chi connectivity index (χ0) is 24.6. The highest BCUT2D eigenvalue weighted by Gasteiger charge is 2.32. The van der Waals surface area contributed by atoms with Crippen LogP contribution in [0.25, 0.3) is 28.2 Å². The second kappa shape index (κ2) is 8.78. The SMILES string of the molecule is Cc1ccccc1-n1c(/C=C2\C(=O)N(Cc3ccccc3)c3ccccc32)nc2ccccc2c1=O. The van der Waals surface area contributed by atoms with E-state index >= 15 is 0 Å². The Hall–Kier alpha value is -4.77. The molecule has 0 N–H and O–H groups in total. The molecule has 0 unspecified atom stereocenters. The quantitative estimate of drug-likeness (QED) is 0.314. The lowest BCUT2D eigenvalue weighted by Gasteiger charge is -2.17. The molecule has 5 nitrogen and oxygen atoms in total. The minimum Gasteiger partial charge on any atom is -0.303 e. The fourth-order valence-corrected chi connectivity index (χ4v) is 4.79. The van der Waals surface area contributed by atoms with Gasteiger partial charge in [0.05, 0.1) is 34.4 Å². The van der Waals surface area contributed by atoms with Gasteiger partial charge in [-0.3, -0.25) is 14.2 Å². The van der Waals surface area contributed by atoms with Crippen LogP contribution in [0.4, 0.5) is 5.69 Å². The molecule has 174 valence electrons. The second-order valence-corrected chi connectivity index (χ2v) is 8.87. The van der Waals surface area contributed by atoms with Crippen molar-refractivity contribution in [3.05, 3.63) is 136 Å². The summed E-state index contributed by atoms with van der Waals surface area (Å²) in [5.74, 6) is 0.312. The molecule has 0 fully saturated rings. The predicted octanol–water partition coefficient (Wildman–Crippen LogP) is 5.78. The third-order valence-electron chi connectivity index (χ3n) is 6.58. The Balaban J connectivity index is 1.57. The normalized spacial score (nSPS) is 14.0. The van der Waals surface area contributed by atoms with E-state index in [2.05, 4.69) is 0 Å². The van der Waals surface area contributed by atoms with Crippen LogP contribution in [0.3, 0.4) is 0 Å². The van der Waals surface area contributed by atoms with Gasteiger partial charge in [-0.1, -0.05) is 78.9 Å². The van der Waals surface area contributed by atoms with E-state index in [1.807, 2.05) is 104 Å². The summed E-state index contributed by atoms with van der Waals surface area (Å²) in [4.78, 5) is 34.1. The summed E-state index contributed by atoms with van der Waals surface area (Å²) in [5.41, 5.74) is 5.36. The number of fused-ring (bicyclic) bond motifs is 2. The van der Waals surface area contributed by atoms with Crippen molar-refractivity contribution >= 4 is 34.1 Å². The first-order valence-corrected chi connectivity index (χ1v) is 11.9. The molecule has 0 spiro atoms. The van der Waals surface area contributed by atoms with Crippen molar-refractivity contribution in [1.82, 2.24) is 9.55 Å². The fraction of sp³-hybridized carbons (Fsp3) is 0.0645. The van der Waals surface area contributed by atoms with Crippen LogP contribution in [-0.2, 0) is 11.3 Å². The molecule has 5 heteroatoms. The lowest BCUT2D eigenvalue weighted by Crippen LogP contribution is -2.26. The van der Waals surface area contributed by atoms with Gasteiger partial charge in [-0.2, -0.15) is 0 Å². The maximum absolute atomic E-state index is 13.8. The molecule has 4 aromatic carbocycles. The standard InChI is InChI=1S/C31H23N3O2/c1-21-11-5-9-17-27(21)34-29(32-26-16-8-6-15-24(26)31(34)36)19-25-23-14-7-10-18-28(23)33(30(25)35)20-22-12-3-2-4-13-22/h2-19H,20H2,1H3/b25-19-. The Labute approximate surface area is 208 Å². The summed E-state index contributed by atoms with van der Waals surface area (Å²) in [7, 11) is 0. The molecule has 1 amide bonds. The van der Waals surface area contributed by atoms with Gasteiger partial charge < -0.3 is 4.90 Å². The van der Waals surface area contributed by atoms with Gasteiger partial charge in [-0.15, -0.1) is 0 Å². The molecule has 0 bridgehead atoms. The van der Waals surface area contributed by atoms with Crippen LogP contribution in [0.5, 0.6) is 0 Å². The molecule has 1 aromatic heterocycles. The zero-order valence-electron chi connectivity index (χ0n) is 19.8. The van der Waals surface area contributed by atoms with Crippen LogP contribution in [-0.4, -0.2) is 15.5 Å². The first-order chi connectivity index (χ1) is 17.6. The summed E-state index contributed by atoms with van der Waals surface area (Å²) in [6, 6.07) is 32.7. The van der Waals surface area contributed by atoms with Crippen molar-refractivity contribution in [1.29, 1.82) is 0 Å². The molecule has 6 rings (SSSR count). The van der Waals surface area contributed by atoms with E-state index in [0.29, 0.717) is 28.8 Å². The van der Waals surface area contributed by atoms with E-state index in [0.717, 1.165) is 28.1 Å². The number of carbonyl (C=O) groups is 1. The Morgan fingerprint density at radius 1 is 0.750 bits per heavy atom. The Kier molecular flexibility index (Phi) is 5.30. The van der Waals surface area contributed by atoms with Crippen LogP contribution in [0.2, 0.25) is 0 Å². The van der Waals surface area contributed by atoms with Gasteiger partial charge in [0, 0.05) is 5.56 Å². The highest BCUT2D eigenvalue weighted by molar-refractivity contribution is 6.35. The van der Waals surface area contributed by atoms with Crippen molar-refractivity contribution in [2.75, 3.05) is 4.90 Å². The molecular weight excluding hydrogens is 446 g/mol. The van der Waals surface area contributed by atoms with E-state index in [-0.39, 0.29) is 11.5 Å². The minimum absolute atomic E-state index is 0.112. The largest absolute Gasteiger partial charge is 0.303 e. The van der Waals surface area contributed by atoms with Crippen LogP contribution in [0.1, 0.15) is 22.5 Å². The highest BCUT2D eigenvalue weighted by Crippen LogP contribution is 2.38. The monoisotopic (exact) mass is 469 g/mol. The molecule has 0 saturated carbocycles. The van der Waals surface area contributed by atoms with Crippen LogP contribution < -0.4 is 10.5 Å². The number of para-hydroxylation sites is 3. The molecule has 0 atom stereocenters. The first-order valence-electron chi connectivity index (χ1n) is 11.9. The Bertz CT molecular complexity index is 1720. The average Bonchev–Trinajstić information content (AvgIpc) is 3.16. The summed E-state index contributed by atoms with van der Waals surface area (Å²) >= 11 is 0. The van der Waals surface area contributed by atoms with Crippen LogP contribution in [0.15, 0.2) is 108 Å². The van der Waals surface area contributed by atoms with Gasteiger partial charge in [-0.25, -0.2) is 4.98 Å². The van der Waals surface area contributed by atoms with Crippen molar-refractivity contribution in [3.8, 4) is 5.69 Å². The number of aromatic nitrogens is 2. The van der Waals surface area contributed by atoms with Crippen molar-refractivity contribution < 1.29 is 4.79 Å². The van der Waals surface area contributed by atoms with Crippen molar-refractivity contribution in [3.63, 3.8) is 0 Å². The summed E-state index contributed by atoms with van der Waals surface area (Å²) in [6.45, 7) is 2.43. The number of amides is 1. The maximum atomic E-state index is 13.8. The number of carbonyl (C=O) groups excluding carboxylic acids is 1. The summed E-state index contributed by atoms with van der Waals surface area (Å²) < 4.78 is 1.61. The Morgan fingerprint density at radius 3 is 2.22 bits per heavy atom. The number of benzene rings is 4. The van der Waals surface area contributed by atoms with Crippen LogP contribution >= 0.6 is 0 Å². The Morgan fingerprint density at radius 2 is 1.42 bits per heavy atom. The average molecular weight is 470 g/mol. The lowest BCUT2D eigenvalue weighted by molar-refractivity contribution is -0.113. The third-order valence-corrected chi connectivity index (χ3v) is 6.58. The lowest BCUT2D eigenvalue weighted by atomic mass is 10.1. The molecular formula is C31H23N3O2. The van der Waals surface area contributed by atoms with E-state index < -0.39 is 0 Å². The number of rotatable bonds is 4. The first kappa shape index (κ1) is 21.7. The molecule has 0 aliphatic carbocycles. The van der Waals surface area contributed by atoms with Gasteiger partial charge in [0.15, 0.2) is 0 Å². The topological polar surface area (TPSA) is 55.2 Å². The van der Waals surface area contributed by atoms with Gasteiger partial charge >= 0.3 is 0 Å². The van der Waals surface area contributed by atoms with Crippen molar-refractivity contribution in [2.45, 2.75) is 13.5 Å². The van der Waals surface area contributed by atoms with Gasteiger partial charge in [0.1, 0.15) is 5.82 Å². The molecule has 1 aliphatic rings. The molecule has 1 aliphatic heterocycles. The third kappa shape index (κ3) is 3.62. The second-order valence-electron chi connectivity index (χ2n) is 8.87. The number of hydrogen-bond donors (Lipinski definition) is 0. The fourth-order valence-electron chi connectivity index (χ4n) is 4.79. The summed E-state index contributed by atoms with van der Waals surface area (Å²) in [6.07, 6.45) is 1.76. The minimum atomic E-state index is -0.165. The highest BCUT2D eigenvalue weighted by atomic mass is 16.2. The van der Waals surface area contributed by atoms with E-state index in [1.54, 1.807) is 21.6 Å². The van der Waals surface area contributed by atoms with E-state index in [4.69, 9.17) is 4.98 Å². The number of aryl methyl sites for hydroxylation is 1. The summed E-state index contributed by atoms with van der Waals surface area (Å²) in [5, 5.41) is 0.534. The predicted molar refractivity (Wildman–Crippen MR) is 144 cm³/mol. The molecule has 0 radical (unpaired) electrons. The molecule has 36 heavy (non-hydrogen) atoms. The number of anilines is 1. The van der Waals surface area contributed by atoms with E-state index in [1.165, 1.54) is 0 Å². The molecule has 5 aromatic rings. The van der Waals surface area contributed by atoms with Gasteiger partial charge in [0.25, 0.3) is 11.5 Å². The van der Waals surface area contributed by atoms with Crippen LogP contribution in [0, 0.1) is 6.92 Å². The van der Waals surface area contributed by atoms with Gasteiger partial charge in [-0.05, 0) is 48.4 Å². The van der Waals surface area contributed by atoms with Gasteiger partial charge in [0.2, 0.25) is 0 Å². The smallest absolute Gasteiger partial charge is 0.266 e. The maximum Gasteiger partial charge on any atom is 0.266 e. The molecule has 0 saturated heterocycles. The van der Waals surface area contributed by atoms with E-state index in [9.17, 15) is 9.59 Å². The molecule has 2 heterocycles. The number of hydrogen-bond acceptors (Lipinski definition) is 3. The van der Waals surface area contributed by atoms with Crippen molar-refractivity contribution in [2.24, 2.45) is 0 Å². The number of nitrogens with zero attached hydrogens (tertiary/aromatic N) is 3. The zero-order valence-corrected chi connectivity index (χ0v) is 19.8.